The molecule has 0 fully saturated rings. The zero-order chi connectivity index (χ0) is 13.7. The summed E-state index contributed by atoms with van der Waals surface area (Å²) in [4.78, 5) is 4.39. The summed E-state index contributed by atoms with van der Waals surface area (Å²) in [6.45, 7) is 7.86. The van der Waals surface area contributed by atoms with E-state index < -0.39 is 0 Å². The quantitative estimate of drug-likeness (QED) is 0.832. The van der Waals surface area contributed by atoms with Crippen molar-refractivity contribution in [2.24, 2.45) is 5.92 Å². The van der Waals surface area contributed by atoms with Crippen molar-refractivity contribution in [3.05, 3.63) is 42.1 Å². The summed E-state index contributed by atoms with van der Waals surface area (Å²) in [5.74, 6) is 0.640. The summed E-state index contributed by atoms with van der Waals surface area (Å²) in [6.07, 6.45) is 4.21. The molecule has 2 aromatic rings. The highest BCUT2D eigenvalue weighted by atomic mass is 14.9. The number of nitrogens with one attached hydrogen (secondary N) is 1. The smallest absolute Gasteiger partial charge is 0.0702 e. The van der Waals surface area contributed by atoms with Crippen LogP contribution in [0, 0.1) is 5.92 Å². The lowest BCUT2D eigenvalue weighted by atomic mass is 9.91. The topological polar surface area (TPSA) is 24.9 Å². The molecule has 19 heavy (non-hydrogen) atoms. The zero-order valence-electron chi connectivity index (χ0n) is 12.2. The maximum Gasteiger partial charge on any atom is 0.0702 e. The van der Waals surface area contributed by atoms with Gasteiger partial charge in [-0.3, -0.25) is 4.98 Å². The number of rotatable bonds is 6. The molecule has 1 N–H and O–H groups in total. The molecule has 0 radical (unpaired) electrons. The van der Waals surface area contributed by atoms with Crippen LogP contribution in [0.15, 0.2) is 36.5 Å². The first-order chi connectivity index (χ1) is 9.26. The molecule has 2 unspecified atom stereocenters. The zero-order valence-corrected chi connectivity index (χ0v) is 12.2. The van der Waals surface area contributed by atoms with Crippen LogP contribution in [0.4, 0.5) is 0 Å². The van der Waals surface area contributed by atoms with Crippen molar-refractivity contribution in [3.63, 3.8) is 0 Å². The first-order valence-electron chi connectivity index (χ1n) is 7.34. The van der Waals surface area contributed by atoms with Gasteiger partial charge in [0.05, 0.1) is 5.52 Å². The highest BCUT2D eigenvalue weighted by molar-refractivity contribution is 5.79. The second kappa shape index (κ2) is 6.67. The third-order valence-corrected chi connectivity index (χ3v) is 3.81. The Morgan fingerprint density at radius 3 is 2.79 bits per heavy atom. The van der Waals surface area contributed by atoms with E-state index in [1.54, 1.807) is 0 Å². The van der Waals surface area contributed by atoms with Gasteiger partial charge in [-0.1, -0.05) is 39.3 Å². The summed E-state index contributed by atoms with van der Waals surface area (Å²) in [7, 11) is 0. The Morgan fingerprint density at radius 1 is 1.21 bits per heavy atom. The van der Waals surface area contributed by atoms with Gasteiger partial charge in [0.25, 0.3) is 0 Å². The van der Waals surface area contributed by atoms with E-state index in [0.29, 0.717) is 12.0 Å². The fourth-order valence-corrected chi connectivity index (χ4v) is 2.47. The number of nitrogens with zero attached hydrogens (tertiary/aromatic N) is 1. The molecule has 0 saturated carbocycles. The number of fused-ring (bicyclic) bond motifs is 1. The SMILES string of the molecule is CCCNC(c1ccc2ncccc2c1)C(C)CC. The van der Waals surface area contributed by atoms with E-state index in [1.165, 1.54) is 23.8 Å². The number of hydrogen-bond acceptors (Lipinski definition) is 2. The summed E-state index contributed by atoms with van der Waals surface area (Å²) in [6, 6.07) is 11.2. The van der Waals surface area contributed by atoms with Crippen LogP contribution in [0.5, 0.6) is 0 Å². The molecule has 2 heteroatoms. The maximum absolute atomic E-state index is 4.39. The molecule has 0 aliphatic carbocycles. The van der Waals surface area contributed by atoms with Crippen LogP contribution in [0.1, 0.15) is 45.2 Å². The van der Waals surface area contributed by atoms with E-state index in [-0.39, 0.29) is 0 Å². The van der Waals surface area contributed by atoms with Crippen molar-refractivity contribution in [2.75, 3.05) is 6.54 Å². The van der Waals surface area contributed by atoms with E-state index in [9.17, 15) is 0 Å². The van der Waals surface area contributed by atoms with Gasteiger partial charge in [0.1, 0.15) is 0 Å². The van der Waals surface area contributed by atoms with Gasteiger partial charge in [-0.05, 0) is 42.6 Å². The maximum atomic E-state index is 4.39. The molecule has 0 amide bonds. The molecule has 0 spiro atoms. The Balaban J connectivity index is 2.32. The third kappa shape index (κ3) is 3.32. The first-order valence-corrected chi connectivity index (χ1v) is 7.34. The molecule has 1 aromatic heterocycles. The molecule has 0 saturated heterocycles. The minimum atomic E-state index is 0.439. The fraction of sp³-hybridized carbons (Fsp3) is 0.471. The van der Waals surface area contributed by atoms with Crippen molar-refractivity contribution in [1.29, 1.82) is 0 Å². The number of benzene rings is 1. The van der Waals surface area contributed by atoms with Gasteiger partial charge in [-0.15, -0.1) is 0 Å². The Kier molecular flexibility index (Phi) is 4.92. The van der Waals surface area contributed by atoms with Gasteiger partial charge >= 0.3 is 0 Å². The second-order valence-electron chi connectivity index (χ2n) is 5.27. The van der Waals surface area contributed by atoms with Gasteiger partial charge in [-0.2, -0.15) is 0 Å². The average Bonchev–Trinajstić information content (AvgIpc) is 2.47. The van der Waals surface area contributed by atoms with Crippen molar-refractivity contribution < 1.29 is 0 Å². The van der Waals surface area contributed by atoms with Crippen molar-refractivity contribution >= 4 is 10.9 Å². The van der Waals surface area contributed by atoms with E-state index in [0.717, 1.165) is 12.1 Å². The molecular weight excluding hydrogens is 232 g/mol. The van der Waals surface area contributed by atoms with E-state index >= 15 is 0 Å². The monoisotopic (exact) mass is 256 g/mol. The molecule has 2 atom stereocenters. The van der Waals surface area contributed by atoms with Crippen molar-refractivity contribution in [1.82, 2.24) is 10.3 Å². The number of pyridine rings is 1. The van der Waals surface area contributed by atoms with Gasteiger partial charge in [0, 0.05) is 17.6 Å². The summed E-state index contributed by atoms with van der Waals surface area (Å²) < 4.78 is 0. The van der Waals surface area contributed by atoms with Crippen LogP contribution in [0.3, 0.4) is 0 Å². The van der Waals surface area contributed by atoms with Crippen LogP contribution in [0.2, 0.25) is 0 Å². The predicted octanol–water partition coefficient (Wildman–Crippen LogP) is 4.32. The van der Waals surface area contributed by atoms with Gasteiger partial charge in [0.15, 0.2) is 0 Å². The summed E-state index contributed by atoms with van der Waals surface area (Å²) in [5, 5.41) is 4.91. The summed E-state index contributed by atoms with van der Waals surface area (Å²) in [5.41, 5.74) is 2.45. The second-order valence-corrected chi connectivity index (χ2v) is 5.27. The molecule has 1 heterocycles. The summed E-state index contributed by atoms with van der Waals surface area (Å²) >= 11 is 0. The largest absolute Gasteiger partial charge is 0.310 e. The van der Waals surface area contributed by atoms with Crippen LogP contribution in [0.25, 0.3) is 10.9 Å². The lowest BCUT2D eigenvalue weighted by Crippen LogP contribution is -2.27. The fourth-order valence-electron chi connectivity index (χ4n) is 2.47. The van der Waals surface area contributed by atoms with Gasteiger partial charge < -0.3 is 5.32 Å². The normalized spacial score (nSPS) is 14.5. The Labute approximate surface area is 116 Å². The van der Waals surface area contributed by atoms with E-state index in [1.807, 2.05) is 12.3 Å². The minimum Gasteiger partial charge on any atom is -0.310 e. The van der Waals surface area contributed by atoms with Crippen LogP contribution in [-0.4, -0.2) is 11.5 Å². The number of hydrogen-bond donors (Lipinski definition) is 1. The third-order valence-electron chi connectivity index (χ3n) is 3.81. The molecule has 0 bridgehead atoms. The Hall–Kier alpha value is -1.41. The molecule has 0 aliphatic rings. The Morgan fingerprint density at radius 2 is 2.05 bits per heavy atom. The lowest BCUT2D eigenvalue weighted by Gasteiger charge is -2.25. The predicted molar refractivity (Wildman–Crippen MR) is 82.2 cm³/mol. The molecular formula is C17H24N2. The van der Waals surface area contributed by atoms with Crippen LogP contribution in [-0.2, 0) is 0 Å². The van der Waals surface area contributed by atoms with Crippen molar-refractivity contribution in [3.8, 4) is 0 Å². The van der Waals surface area contributed by atoms with E-state index in [4.69, 9.17) is 0 Å². The highest BCUT2D eigenvalue weighted by Gasteiger charge is 2.17. The molecule has 102 valence electrons. The van der Waals surface area contributed by atoms with Crippen LogP contribution < -0.4 is 5.32 Å². The highest BCUT2D eigenvalue weighted by Crippen LogP contribution is 2.26. The Bertz CT molecular complexity index is 521. The van der Waals surface area contributed by atoms with Gasteiger partial charge in [0.2, 0.25) is 0 Å². The number of aromatic nitrogens is 1. The minimum absolute atomic E-state index is 0.439. The molecule has 2 nitrogen and oxygen atoms in total. The molecule has 2 rings (SSSR count). The standard InChI is InChI=1S/C17H24N2/c1-4-10-19-17(13(3)5-2)15-8-9-16-14(12-15)7-6-11-18-16/h6-9,11-13,17,19H,4-5,10H2,1-3H3. The molecule has 1 aromatic carbocycles. The van der Waals surface area contributed by atoms with Gasteiger partial charge in [-0.25, -0.2) is 0 Å². The van der Waals surface area contributed by atoms with E-state index in [2.05, 4.69) is 55.3 Å². The molecule has 0 aliphatic heterocycles. The lowest BCUT2D eigenvalue weighted by molar-refractivity contribution is 0.377. The first kappa shape index (κ1) is 14.0. The average molecular weight is 256 g/mol. The van der Waals surface area contributed by atoms with Crippen molar-refractivity contribution in [2.45, 2.75) is 39.7 Å². The van der Waals surface area contributed by atoms with Crippen LogP contribution >= 0.6 is 0 Å².